The van der Waals surface area contributed by atoms with Gasteiger partial charge in [0.2, 0.25) is 0 Å². The Morgan fingerprint density at radius 2 is 2.11 bits per heavy atom. The molecule has 0 aliphatic rings. The van der Waals surface area contributed by atoms with Crippen LogP contribution in [0.3, 0.4) is 0 Å². The lowest BCUT2D eigenvalue weighted by Crippen LogP contribution is -2.24. The normalized spacial score (nSPS) is 12.6. The van der Waals surface area contributed by atoms with Crippen LogP contribution in [0.2, 0.25) is 0 Å². The molecule has 5 nitrogen and oxygen atoms in total. The highest BCUT2D eigenvalue weighted by Gasteiger charge is 2.07. The Kier molecular flexibility index (Phi) is 3.64. The lowest BCUT2D eigenvalue weighted by atomic mass is 10.1. The largest absolute Gasteiger partial charge is 0.394 e. The summed E-state index contributed by atoms with van der Waals surface area (Å²) in [7, 11) is 1.72. The number of nitrogens with zero attached hydrogens (tertiary/aromatic N) is 1. The molecule has 2 aromatic rings. The third-order valence-electron chi connectivity index (χ3n) is 2.89. The second-order valence-electron chi connectivity index (χ2n) is 4.19. The molecule has 0 bridgehead atoms. The van der Waals surface area contributed by atoms with Crippen LogP contribution < -0.4 is 10.9 Å². The minimum absolute atomic E-state index is 0.116. The van der Waals surface area contributed by atoms with Crippen LogP contribution in [0.15, 0.2) is 35.1 Å². The highest BCUT2D eigenvalue weighted by atomic mass is 16.3. The Balaban J connectivity index is 2.44. The van der Waals surface area contributed by atoms with E-state index < -0.39 is 6.10 Å². The molecule has 2 rings (SSSR count). The zero-order chi connectivity index (χ0) is 13.1. The van der Waals surface area contributed by atoms with Crippen molar-refractivity contribution in [2.24, 2.45) is 7.05 Å². The predicted octanol–water partition coefficient (Wildman–Crippen LogP) is 0.304. The molecule has 0 saturated carbocycles. The van der Waals surface area contributed by atoms with Crippen molar-refractivity contribution >= 4 is 16.6 Å². The molecule has 0 radical (unpaired) electrons. The summed E-state index contributed by atoms with van der Waals surface area (Å²) in [5, 5.41) is 22.0. The monoisotopic (exact) mass is 248 g/mol. The van der Waals surface area contributed by atoms with Crippen molar-refractivity contribution in [3.63, 3.8) is 0 Å². The molecular weight excluding hydrogens is 232 g/mol. The van der Waals surface area contributed by atoms with E-state index in [0.29, 0.717) is 5.69 Å². The number of nitrogens with one attached hydrogen (secondary N) is 1. The molecule has 0 spiro atoms. The van der Waals surface area contributed by atoms with Gasteiger partial charge in [-0.3, -0.25) is 4.79 Å². The zero-order valence-electron chi connectivity index (χ0n) is 10.1. The van der Waals surface area contributed by atoms with Gasteiger partial charge < -0.3 is 20.1 Å². The standard InChI is InChI=1S/C13H16N2O3/c1-15-12-5-3-2-4-10(12)11(6-13(15)18)14-7-9(17)8-16/h2-6,9,14,16-17H,7-8H2,1H3. The van der Waals surface area contributed by atoms with Crippen LogP contribution in [-0.4, -0.2) is 34.0 Å². The van der Waals surface area contributed by atoms with Crippen LogP contribution in [0.1, 0.15) is 0 Å². The first kappa shape index (κ1) is 12.6. The van der Waals surface area contributed by atoms with Gasteiger partial charge in [-0.2, -0.15) is 0 Å². The number of benzene rings is 1. The molecule has 1 aromatic heterocycles. The van der Waals surface area contributed by atoms with Gasteiger partial charge in [-0.25, -0.2) is 0 Å². The van der Waals surface area contributed by atoms with E-state index in [1.54, 1.807) is 11.6 Å². The summed E-state index contributed by atoms with van der Waals surface area (Å²) >= 11 is 0. The van der Waals surface area contributed by atoms with Crippen LogP contribution in [0.5, 0.6) is 0 Å². The highest BCUT2D eigenvalue weighted by Crippen LogP contribution is 2.20. The first-order valence-electron chi connectivity index (χ1n) is 5.75. The Hall–Kier alpha value is -1.85. The average molecular weight is 248 g/mol. The molecule has 1 unspecified atom stereocenters. The summed E-state index contributed by atoms with van der Waals surface area (Å²) in [6, 6.07) is 9.02. The molecule has 3 N–H and O–H groups in total. The molecule has 0 saturated heterocycles. The van der Waals surface area contributed by atoms with Crippen LogP contribution in [0.25, 0.3) is 10.9 Å². The minimum atomic E-state index is -0.840. The van der Waals surface area contributed by atoms with E-state index in [4.69, 9.17) is 5.11 Å². The van der Waals surface area contributed by atoms with Gasteiger partial charge >= 0.3 is 0 Å². The fourth-order valence-electron chi connectivity index (χ4n) is 1.85. The smallest absolute Gasteiger partial charge is 0.252 e. The molecule has 1 heterocycles. The summed E-state index contributed by atoms with van der Waals surface area (Å²) in [6.07, 6.45) is -0.840. The lowest BCUT2D eigenvalue weighted by Gasteiger charge is -2.13. The van der Waals surface area contributed by atoms with Crippen molar-refractivity contribution in [1.82, 2.24) is 4.57 Å². The number of hydrogen-bond donors (Lipinski definition) is 3. The van der Waals surface area contributed by atoms with Crippen molar-refractivity contribution in [3.05, 3.63) is 40.7 Å². The molecule has 0 aliphatic carbocycles. The molecule has 1 atom stereocenters. The summed E-state index contributed by atoms with van der Waals surface area (Å²) in [5.41, 5.74) is 1.38. The highest BCUT2D eigenvalue weighted by molar-refractivity contribution is 5.91. The summed E-state index contributed by atoms with van der Waals surface area (Å²) < 4.78 is 1.57. The van der Waals surface area contributed by atoms with Gasteiger partial charge in [0, 0.05) is 30.7 Å². The van der Waals surface area contributed by atoms with Crippen LogP contribution in [-0.2, 0) is 7.05 Å². The van der Waals surface area contributed by atoms with Gasteiger partial charge in [0.15, 0.2) is 0 Å². The second-order valence-corrected chi connectivity index (χ2v) is 4.19. The Bertz CT molecular complexity index is 607. The van der Waals surface area contributed by atoms with Gasteiger partial charge in [0.1, 0.15) is 0 Å². The van der Waals surface area contributed by atoms with Crippen molar-refractivity contribution in [3.8, 4) is 0 Å². The molecule has 1 aromatic carbocycles. The molecule has 96 valence electrons. The molecule has 18 heavy (non-hydrogen) atoms. The Morgan fingerprint density at radius 3 is 2.83 bits per heavy atom. The van der Waals surface area contributed by atoms with Gasteiger partial charge in [0.25, 0.3) is 5.56 Å². The summed E-state index contributed by atoms with van der Waals surface area (Å²) in [4.78, 5) is 11.8. The zero-order valence-corrected chi connectivity index (χ0v) is 10.1. The fraction of sp³-hybridized carbons (Fsp3) is 0.308. The first-order valence-corrected chi connectivity index (χ1v) is 5.75. The lowest BCUT2D eigenvalue weighted by molar-refractivity contribution is 0.105. The predicted molar refractivity (Wildman–Crippen MR) is 70.8 cm³/mol. The summed E-state index contributed by atoms with van der Waals surface area (Å²) in [6.45, 7) is -0.108. The molecule has 0 amide bonds. The van der Waals surface area contributed by atoms with Crippen LogP contribution >= 0.6 is 0 Å². The average Bonchev–Trinajstić information content (AvgIpc) is 2.41. The van der Waals surface area contributed by atoms with Crippen molar-refractivity contribution < 1.29 is 10.2 Å². The van der Waals surface area contributed by atoms with Gasteiger partial charge in [-0.15, -0.1) is 0 Å². The first-order chi connectivity index (χ1) is 8.63. The van der Waals surface area contributed by atoms with Crippen molar-refractivity contribution in [2.75, 3.05) is 18.5 Å². The number of para-hydroxylation sites is 1. The van der Waals surface area contributed by atoms with E-state index >= 15 is 0 Å². The number of aliphatic hydroxyl groups excluding tert-OH is 2. The maximum atomic E-state index is 11.8. The number of pyridine rings is 1. The molecular formula is C13H16N2O3. The Morgan fingerprint density at radius 1 is 1.39 bits per heavy atom. The van der Waals surface area contributed by atoms with E-state index in [-0.39, 0.29) is 18.7 Å². The number of hydrogen-bond acceptors (Lipinski definition) is 4. The van der Waals surface area contributed by atoms with Gasteiger partial charge in [0.05, 0.1) is 18.2 Å². The number of rotatable bonds is 4. The van der Waals surface area contributed by atoms with E-state index in [9.17, 15) is 9.90 Å². The second kappa shape index (κ2) is 5.20. The van der Waals surface area contributed by atoms with Crippen LogP contribution in [0.4, 0.5) is 5.69 Å². The SMILES string of the molecule is Cn1c(=O)cc(NCC(O)CO)c2ccccc21. The van der Waals surface area contributed by atoms with Crippen molar-refractivity contribution in [1.29, 1.82) is 0 Å². The maximum Gasteiger partial charge on any atom is 0.252 e. The van der Waals surface area contributed by atoms with Gasteiger partial charge in [-0.05, 0) is 6.07 Å². The van der Waals surface area contributed by atoms with E-state index in [2.05, 4.69) is 5.32 Å². The molecule has 0 fully saturated rings. The number of aliphatic hydroxyl groups is 2. The third kappa shape index (κ3) is 2.37. The topological polar surface area (TPSA) is 74.5 Å². The minimum Gasteiger partial charge on any atom is -0.394 e. The molecule has 5 heteroatoms. The number of aromatic nitrogens is 1. The maximum absolute atomic E-state index is 11.8. The van der Waals surface area contributed by atoms with E-state index in [1.165, 1.54) is 6.07 Å². The van der Waals surface area contributed by atoms with Crippen LogP contribution in [0, 0.1) is 0 Å². The van der Waals surface area contributed by atoms with E-state index in [0.717, 1.165) is 10.9 Å². The van der Waals surface area contributed by atoms with E-state index in [1.807, 2.05) is 24.3 Å². The number of fused-ring (bicyclic) bond motifs is 1. The Labute approximate surface area is 104 Å². The fourth-order valence-corrected chi connectivity index (χ4v) is 1.85. The quantitative estimate of drug-likeness (QED) is 0.727. The number of aryl methyl sites for hydroxylation is 1. The summed E-state index contributed by atoms with van der Waals surface area (Å²) in [5.74, 6) is 0. The molecule has 0 aliphatic heterocycles. The third-order valence-corrected chi connectivity index (χ3v) is 2.89. The van der Waals surface area contributed by atoms with Crippen molar-refractivity contribution in [2.45, 2.75) is 6.10 Å². The number of anilines is 1. The van der Waals surface area contributed by atoms with Gasteiger partial charge in [-0.1, -0.05) is 18.2 Å².